The summed E-state index contributed by atoms with van der Waals surface area (Å²) in [5.41, 5.74) is 2.69. The van der Waals surface area contributed by atoms with Crippen molar-refractivity contribution in [3.8, 4) is 0 Å². The van der Waals surface area contributed by atoms with Crippen LogP contribution >= 0.6 is 0 Å². The summed E-state index contributed by atoms with van der Waals surface area (Å²) in [6.45, 7) is 2.14. The maximum atomic E-state index is 12.3. The minimum Gasteiger partial charge on any atom is -0.748 e. The fraction of sp³-hybridized carbons (Fsp3) is 0.222. The SMILES string of the molecule is CS(=O)(=O)[O-].C[N+]1=C[NH+](c2ccc(C(=O)c3ccccc3)cc2)CC1. The molecule has 2 aromatic rings. The Morgan fingerprint density at radius 2 is 1.56 bits per heavy atom. The molecule has 0 fully saturated rings. The number of benzene rings is 2. The second kappa shape index (κ2) is 8.15. The van der Waals surface area contributed by atoms with Gasteiger partial charge < -0.3 is 4.55 Å². The summed E-state index contributed by atoms with van der Waals surface area (Å²) in [5.74, 6) is 0.0784. The third-order valence-electron chi connectivity index (χ3n) is 3.66. The van der Waals surface area contributed by atoms with Gasteiger partial charge in [0.05, 0.1) is 10.1 Å². The molecule has 1 N–H and O–H groups in total. The van der Waals surface area contributed by atoms with E-state index in [9.17, 15) is 4.79 Å². The van der Waals surface area contributed by atoms with Crippen LogP contribution in [0, 0.1) is 0 Å². The van der Waals surface area contributed by atoms with Gasteiger partial charge in [0.1, 0.15) is 12.7 Å². The Bertz CT molecular complexity index is 852. The van der Waals surface area contributed by atoms with Crippen LogP contribution in [-0.4, -0.2) is 56.1 Å². The van der Waals surface area contributed by atoms with E-state index >= 15 is 0 Å². The Morgan fingerprint density at radius 3 is 2.04 bits per heavy atom. The van der Waals surface area contributed by atoms with Gasteiger partial charge in [-0.2, -0.15) is 4.58 Å². The maximum Gasteiger partial charge on any atom is 0.330 e. The Balaban J connectivity index is 0.000000399. The number of rotatable bonds is 3. The quantitative estimate of drug-likeness (QED) is 0.484. The molecule has 0 amide bonds. The molecule has 132 valence electrons. The molecule has 3 rings (SSSR count). The summed E-state index contributed by atoms with van der Waals surface area (Å²) in [4.78, 5) is 13.6. The first kappa shape index (κ1) is 19.0. The second-order valence-corrected chi connectivity index (χ2v) is 7.27. The lowest BCUT2D eigenvalue weighted by Gasteiger charge is -2.05. The van der Waals surface area contributed by atoms with E-state index in [0.717, 1.165) is 24.2 Å². The normalized spacial score (nSPS) is 16.6. The van der Waals surface area contributed by atoms with Crippen molar-refractivity contribution in [1.82, 2.24) is 0 Å². The van der Waals surface area contributed by atoms with E-state index in [1.807, 2.05) is 54.6 Å². The third kappa shape index (κ3) is 6.22. The molecule has 25 heavy (non-hydrogen) atoms. The van der Waals surface area contributed by atoms with E-state index in [1.165, 1.54) is 10.6 Å². The molecule has 0 aromatic heterocycles. The highest BCUT2D eigenvalue weighted by Gasteiger charge is 2.22. The maximum absolute atomic E-state index is 12.3. The van der Waals surface area contributed by atoms with Crippen molar-refractivity contribution in [3.05, 3.63) is 65.7 Å². The highest BCUT2D eigenvalue weighted by atomic mass is 32.2. The van der Waals surface area contributed by atoms with Crippen molar-refractivity contribution in [3.63, 3.8) is 0 Å². The van der Waals surface area contributed by atoms with Gasteiger partial charge in [-0.3, -0.25) is 4.79 Å². The largest absolute Gasteiger partial charge is 0.748 e. The molecule has 1 aliphatic rings. The van der Waals surface area contributed by atoms with E-state index in [4.69, 9.17) is 13.0 Å². The lowest BCUT2D eigenvalue weighted by atomic mass is 10.0. The van der Waals surface area contributed by atoms with Gasteiger partial charge in [-0.05, 0) is 12.1 Å². The molecule has 1 unspecified atom stereocenters. The van der Waals surface area contributed by atoms with Crippen LogP contribution in [0.5, 0.6) is 0 Å². The number of hydrogen-bond acceptors (Lipinski definition) is 4. The first-order valence-corrected chi connectivity index (χ1v) is 9.57. The molecule has 1 heterocycles. The van der Waals surface area contributed by atoms with Crippen molar-refractivity contribution in [2.45, 2.75) is 0 Å². The van der Waals surface area contributed by atoms with Crippen LogP contribution in [0.1, 0.15) is 15.9 Å². The van der Waals surface area contributed by atoms with Crippen LogP contribution in [0.2, 0.25) is 0 Å². The van der Waals surface area contributed by atoms with Crippen molar-refractivity contribution >= 4 is 27.9 Å². The summed E-state index contributed by atoms with van der Waals surface area (Å²) < 4.78 is 29.4. The first-order valence-electron chi connectivity index (χ1n) is 7.76. The Hall–Kier alpha value is -2.35. The average Bonchev–Trinajstić information content (AvgIpc) is 3.00. The first-order chi connectivity index (χ1) is 11.7. The zero-order chi connectivity index (χ0) is 18.4. The highest BCUT2D eigenvalue weighted by Crippen LogP contribution is 2.11. The highest BCUT2D eigenvalue weighted by molar-refractivity contribution is 7.84. The Morgan fingerprint density at radius 1 is 1.04 bits per heavy atom. The molecular formula is C18H21N2O4S+. The minimum atomic E-state index is -3.92. The van der Waals surface area contributed by atoms with Gasteiger partial charge >= 0.3 is 6.34 Å². The standard InChI is InChI=1S/C17H17N2O.CH4O3S/c1-18-11-12-19(13-18)16-9-7-15(8-10-16)17(20)14-5-3-2-4-6-14;1-5(2,3)4/h2-10,13H,11-12H2,1H3;1H3,(H,2,3,4)/q+1;. The molecule has 1 atom stereocenters. The van der Waals surface area contributed by atoms with Gasteiger partial charge in [0.2, 0.25) is 0 Å². The van der Waals surface area contributed by atoms with Crippen molar-refractivity contribution in [1.29, 1.82) is 0 Å². The van der Waals surface area contributed by atoms with Crippen LogP contribution in [0.4, 0.5) is 5.69 Å². The van der Waals surface area contributed by atoms with Gasteiger partial charge in [0.15, 0.2) is 18.9 Å². The molecular weight excluding hydrogens is 340 g/mol. The monoisotopic (exact) mass is 361 g/mol. The van der Waals surface area contributed by atoms with Gasteiger partial charge in [0, 0.05) is 29.5 Å². The van der Waals surface area contributed by atoms with Crippen LogP contribution in [0.25, 0.3) is 0 Å². The number of likely N-dealkylation sites (N-methyl/N-ethyl adjacent to an activating group) is 1. The van der Waals surface area contributed by atoms with E-state index in [-0.39, 0.29) is 5.78 Å². The number of carbonyl (C=O) groups is 1. The van der Waals surface area contributed by atoms with Crippen molar-refractivity contribution in [2.24, 2.45) is 0 Å². The molecule has 7 heteroatoms. The number of carbonyl (C=O) groups excluding carboxylic acids is 1. The summed E-state index contributed by atoms with van der Waals surface area (Å²) in [6, 6.07) is 17.3. The average molecular weight is 361 g/mol. The van der Waals surface area contributed by atoms with Gasteiger partial charge in [-0.15, -0.1) is 0 Å². The zero-order valence-corrected chi connectivity index (χ0v) is 15.0. The number of nitrogens with one attached hydrogen (secondary N) is 1. The molecule has 0 aliphatic carbocycles. The van der Waals surface area contributed by atoms with E-state index < -0.39 is 10.1 Å². The van der Waals surface area contributed by atoms with Crippen molar-refractivity contribution in [2.75, 3.05) is 26.4 Å². The fourth-order valence-corrected chi connectivity index (χ4v) is 2.50. The van der Waals surface area contributed by atoms with E-state index in [2.05, 4.69) is 18.0 Å². The van der Waals surface area contributed by atoms with Gasteiger partial charge in [-0.25, -0.2) is 13.3 Å². The summed E-state index contributed by atoms with van der Waals surface area (Å²) in [7, 11) is -1.83. The van der Waals surface area contributed by atoms with Crippen LogP contribution in [-0.2, 0) is 10.1 Å². The molecule has 6 nitrogen and oxygen atoms in total. The predicted octanol–water partition coefficient (Wildman–Crippen LogP) is 0.280. The molecule has 0 saturated heterocycles. The number of hydrogen-bond donors (Lipinski definition) is 1. The number of quaternary nitrogens is 1. The molecule has 1 aliphatic heterocycles. The second-order valence-electron chi connectivity index (χ2n) is 5.86. The molecule has 2 aromatic carbocycles. The van der Waals surface area contributed by atoms with E-state index in [1.54, 1.807) is 0 Å². The molecule has 0 radical (unpaired) electrons. The summed E-state index contributed by atoms with van der Waals surface area (Å²) in [5, 5.41) is 0. The number of ketones is 1. The lowest BCUT2D eigenvalue weighted by molar-refractivity contribution is -0.717. The lowest BCUT2D eigenvalue weighted by Crippen LogP contribution is -3.05. The Kier molecular flexibility index (Phi) is 6.19. The van der Waals surface area contributed by atoms with Gasteiger partial charge in [0.25, 0.3) is 0 Å². The van der Waals surface area contributed by atoms with Crippen LogP contribution < -0.4 is 4.90 Å². The minimum absolute atomic E-state index is 0.0784. The third-order valence-corrected chi connectivity index (χ3v) is 3.66. The fourth-order valence-electron chi connectivity index (χ4n) is 2.50. The van der Waals surface area contributed by atoms with E-state index in [0.29, 0.717) is 6.26 Å². The predicted molar refractivity (Wildman–Crippen MR) is 94.5 cm³/mol. The van der Waals surface area contributed by atoms with Crippen LogP contribution in [0.3, 0.4) is 0 Å². The summed E-state index contributed by atoms with van der Waals surface area (Å²) >= 11 is 0. The smallest absolute Gasteiger partial charge is 0.330 e. The summed E-state index contributed by atoms with van der Waals surface area (Å²) in [6.07, 6.45) is 2.78. The number of nitrogens with zero attached hydrogens (tertiary/aromatic N) is 1. The molecule has 0 spiro atoms. The van der Waals surface area contributed by atoms with Gasteiger partial charge in [-0.1, -0.05) is 30.3 Å². The van der Waals surface area contributed by atoms with Crippen molar-refractivity contribution < 1.29 is 27.2 Å². The zero-order valence-electron chi connectivity index (χ0n) is 14.2. The Labute approximate surface area is 147 Å². The van der Waals surface area contributed by atoms with Crippen LogP contribution in [0.15, 0.2) is 54.6 Å². The topological polar surface area (TPSA) is 81.7 Å². The molecule has 0 saturated carbocycles. The molecule has 0 bridgehead atoms.